The lowest BCUT2D eigenvalue weighted by Gasteiger charge is -2.22. The number of nitrogens with zero attached hydrogens (tertiary/aromatic N) is 3. The van der Waals surface area contributed by atoms with E-state index < -0.39 is 6.03 Å². The Bertz CT molecular complexity index is 1770. The molecule has 49 heavy (non-hydrogen) atoms. The number of nitrogens with one attached hydrogen (secondary N) is 3. The third-order valence-corrected chi connectivity index (χ3v) is 8.71. The Hall–Kier alpha value is -4.70. The zero-order valence-electron chi connectivity index (χ0n) is 30.1. The van der Waals surface area contributed by atoms with Crippen LogP contribution >= 0.6 is 0 Å². The molecule has 0 aliphatic rings. The van der Waals surface area contributed by atoms with E-state index in [1.165, 1.54) is 6.92 Å². The van der Waals surface area contributed by atoms with Crippen molar-refractivity contribution in [1.29, 1.82) is 0 Å². The summed E-state index contributed by atoms with van der Waals surface area (Å²) >= 11 is 0. The first-order valence-electron chi connectivity index (χ1n) is 17.5. The second-order valence-corrected chi connectivity index (χ2v) is 12.9. The lowest BCUT2D eigenvalue weighted by molar-refractivity contribution is -0.118. The molecule has 2 aromatic heterocycles. The van der Waals surface area contributed by atoms with Crippen LogP contribution in [0.2, 0.25) is 0 Å². The van der Waals surface area contributed by atoms with Gasteiger partial charge in [0.25, 0.3) is 5.56 Å². The average Bonchev–Trinajstić information content (AvgIpc) is 3.08. The van der Waals surface area contributed by atoms with Crippen molar-refractivity contribution in [2.45, 2.75) is 79.7 Å². The number of pyridine rings is 2. The molecule has 3 amide bonds. The molecule has 0 atom stereocenters. The zero-order valence-corrected chi connectivity index (χ0v) is 30.1. The highest BCUT2D eigenvalue weighted by molar-refractivity contribution is 6.07. The standard InChI is InChI=1S/C39H52N6O4/c1-8-44(9-2)22-14-24-49-30-16-10-15-29(25-30)34-33-19-12-20-41-37(33)45(23-13-21-40-28(7)46)38(47)36(34)43-39(48)42-35-31(26(3)4)17-11-18-32(35)27(5)6/h10-12,15-20,25-27H,8-9,13-14,21-24H2,1-7H3,(H,40,46)(H2,42,43,48). The molecule has 4 rings (SSSR count). The Morgan fingerprint density at radius 1 is 0.898 bits per heavy atom. The molecular weight excluding hydrogens is 616 g/mol. The number of aromatic nitrogens is 2. The van der Waals surface area contributed by atoms with Crippen molar-refractivity contribution in [3.05, 3.63) is 82.3 Å². The van der Waals surface area contributed by atoms with Gasteiger partial charge in [-0.15, -0.1) is 0 Å². The summed E-state index contributed by atoms with van der Waals surface area (Å²) in [6.45, 7) is 18.3. The number of hydrogen-bond acceptors (Lipinski definition) is 6. The van der Waals surface area contributed by atoms with Crippen LogP contribution in [0, 0.1) is 0 Å². The maximum absolute atomic E-state index is 14.4. The molecule has 4 aromatic rings. The Kier molecular flexibility index (Phi) is 13.4. The highest BCUT2D eigenvalue weighted by Crippen LogP contribution is 2.36. The van der Waals surface area contributed by atoms with Gasteiger partial charge in [-0.3, -0.25) is 14.2 Å². The molecule has 0 fully saturated rings. The highest BCUT2D eigenvalue weighted by Gasteiger charge is 2.23. The number of amides is 3. The van der Waals surface area contributed by atoms with Crippen LogP contribution in [0.4, 0.5) is 16.2 Å². The number of carbonyl (C=O) groups excluding carboxylic acids is 2. The summed E-state index contributed by atoms with van der Waals surface area (Å²) in [5.74, 6) is 0.887. The third kappa shape index (κ3) is 9.47. The Morgan fingerprint density at radius 3 is 2.22 bits per heavy atom. The summed E-state index contributed by atoms with van der Waals surface area (Å²) in [5, 5.41) is 9.57. The van der Waals surface area contributed by atoms with Gasteiger partial charge in [0.05, 0.1) is 6.61 Å². The molecule has 0 bridgehead atoms. The van der Waals surface area contributed by atoms with Gasteiger partial charge in [-0.25, -0.2) is 9.78 Å². The first kappa shape index (κ1) is 37.1. The normalized spacial score (nSPS) is 11.4. The summed E-state index contributed by atoms with van der Waals surface area (Å²) in [4.78, 5) is 46.8. The summed E-state index contributed by atoms with van der Waals surface area (Å²) in [6, 6.07) is 16.9. The van der Waals surface area contributed by atoms with E-state index >= 15 is 0 Å². The average molecular weight is 669 g/mol. The maximum Gasteiger partial charge on any atom is 0.323 e. The van der Waals surface area contributed by atoms with E-state index in [1.54, 1.807) is 10.8 Å². The molecule has 0 saturated heterocycles. The SMILES string of the molecule is CCN(CC)CCCOc1cccc(-c2c(NC(=O)Nc3c(C(C)C)cccc3C(C)C)c(=O)n(CCCNC(C)=O)c3ncccc23)c1. The summed E-state index contributed by atoms with van der Waals surface area (Å²) in [7, 11) is 0. The van der Waals surface area contributed by atoms with Crippen LogP contribution in [-0.4, -0.2) is 59.2 Å². The van der Waals surface area contributed by atoms with Crippen molar-refractivity contribution in [2.75, 3.05) is 43.4 Å². The van der Waals surface area contributed by atoms with Gasteiger partial charge in [0, 0.05) is 49.4 Å². The van der Waals surface area contributed by atoms with Crippen LogP contribution in [-0.2, 0) is 11.3 Å². The van der Waals surface area contributed by atoms with Gasteiger partial charge in [0.1, 0.15) is 17.1 Å². The number of urea groups is 1. The second kappa shape index (κ2) is 17.6. The van der Waals surface area contributed by atoms with Gasteiger partial charge in [-0.2, -0.15) is 0 Å². The molecule has 0 aliphatic heterocycles. The fraction of sp³-hybridized carbons (Fsp3) is 0.436. The van der Waals surface area contributed by atoms with Crippen LogP contribution in [0.25, 0.3) is 22.2 Å². The van der Waals surface area contributed by atoms with E-state index in [4.69, 9.17) is 4.74 Å². The molecule has 0 unspecified atom stereocenters. The number of benzene rings is 2. The van der Waals surface area contributed by atoms with Gasteiger partial charge in [-0.1, -0.05) is 71.9 Å². The summed E-state index contributed by atoms with van der Waals surface area (Å²) in [5.41, 5.74) is 4.34. The van der Waals surface area contributed by atoms with Gasteiger partial charge in [0.15, 0.2) is 0 Å². The molecule has 3 N–H and O–H groups in total. The molecule has 10 nitrogen and oxygen atoms in total. The zero-order chi connectivity index (χ0) is 35.5. The van der Waals surface area contributed by atoms with Crippen molar-refractivity contribution in [3.8, 4) is 16.9 Å². The first-order valence-corrected chi connectivity index (χ1v) is 17.5. The van der Waals surface area contributed by atoms with Crippen molar-refractivity contribution < 1.29 is 14.3 Å². The Morgan fingerprint density at radius 2 is 1.57 bits per heavy atom. The van der Waals surface area contributed by atoms with E-state index in [2.05, 4.69) is 67.4 Å². The molecule has 0 aliphatic carbocycles. The predicted octanol–water partition coefficient (Wildman–Crippen LogP) is 7.59. The van der Waals surface area contributed by atoms with Gasteiger partial charge >= 0.3 is 6.03 Å². The summed E-state index contributed by atoms with van der Waals surface area (Å²) in [6.07, 6.45) is 3.05. The molecule has 2 aromatic carbocycles. The number of para-hydroxylation sites is 1. The largest absolute Gasteiger partial charge is 0.494 e. The fourth-order valence-corrected chi connectivity index (χ4v) is 6.12. The molecule has 0 saturated carbocycles. The fourth-order valence-electron chi connectivity index (χ4n) is 6.12. The number of hydrogen-bond donors (Lipinski definition) is 3. The monoisotopic (exact) mass is 668 g/mol. The van der Waals surface area contributed by atoms with Crippen LogP contribution in [0.15, 0.2) is 65.6 Å². The second-order valence-electron chi connectivity index (χ2n) is 12.9. The van der Waals surface area contributed by atoms with Crippen LogP contribution in [0.1, 0.15) is 84.3 Å². The van der Waals surface area contributed by atoms with Crippen molar-refractivity contribution in [3.63, 3.8) is 0 Å². The van der Waals surface area contributed by atoms with E-state index in [0.29, 0.717) is 48.5 Å². The lowest BCUT2D eigenvalue weighted by Crippen LogP contribution is -2.31. The number of fused-ring (bicyclic) bond motifs is 1. The Balaban J connectivity index is 1.79. The van der Waals surface area contributed by atoms with E-state index in [0.717, 1.165) is 48.4 Å². The van der Waals surface area contributed by atoms with Crippen LogP contribution < -0.4 is 26.2 Å². The number of ether oxygens (including phenoxy) is 1. The molecule has 10 heteroatoms. The summed E-state index contributed by atoms with van der Waals surface area (Å²) < 4.78 is 7.74. The minimum atomic E-state index is -0.509. The van der Waals surface area contributed by atoms with E-state index in [1.807, 2.05) is 54.6 Å². The molecule has 0 radical (unpaired) electrons. The molecule has 2 heterocycles. The van der Waals surface area contributed by atoms with Gasteiger partial charge < -0.3 is 25.6 Å². The third-order valence-electron chi connectivity index (χ3n) is 8.71. The smallest absolute Gasteiger partial charge is 0.323 e. The predicted molar refractivity (Wildman–Crippen MR) is 200 cm³/mol. The molecular formula is C39H52N6O4. The minimum absolute atomic E-state index is 0.137. The van der Waals surface area contributed by atoms with E-state index in [-0.39, 0.29) is 29.0 Å². The van der Waals surface area contributed by atoms with Gasteiger partial charge in [0.2, 0.25) is 5.91 Å². The molecule has 0 spiro atoms. The quantitative estimate of drug-likeness (QED) is 0.106. The van der Waals surface area contributed by atoms with Crippen LogP contribution in [0.3, 0.4) is 0 Å². The lowest BCUT2D eigenvalue weighted by atomic mass is 9.93. The van der Waals surface area contributed by atoms with Crippen molar-refractivity contribution >= 4 is 34.3 Å². The van der Waals surface area contributed by atoms with E-state index in [9.17, 15) is 14.4 Å². The molecule has 262 valence electrons. The minimum Gasteiger partial charge on any atom is -0.494 e. The number of carbonyl (C=O) groups is 2. The van der Waals surface area contributed by atoms with Gasteiger partial charge in [-0.05, 0) is 78.7 Å². The number of rotatable bonds is 16. The first-order chi connectivity index (χ1) is 23.5. The van der Waals surface area contributed by atoms with Crippen molar-refractivity contribution in [1.82, 2.24) is 19.8 Å². The number of aryl methyl sites for hydroxylation is 1. The number of anilines is 2. The highest BCUT2D eigenvalue weighted by atomic mass is 16.5. The topological polar surface area (TPSA) is 118 Å². The Labute approximate surface area is 290 Å². The van der Waals surface area contributed by atoms with Crippen LogP contribution in [0.5, 0.6) is 5.75 Å². The van der Waals surface area contributed by atoms with Crippen molar-refractivity contribution in [2.24, 2.45) is 0 Å². The maximum atomic E-state index is 14.4.